The van der Waals surface area contributed by atoms with E-state index in [9.17, 15) is 14.5 Å². The van der Waals surface area contributed by atoms with Crippen molar-refractivity contribution in [3.05, 3.63) is 44.8 Å². The van der Waals surface area contributed by atoms with Gasteiger partial charge in [0, 0.05) is 6.07 Å². The monoisotopic (exact) mass is 343 g/mol. The van der Waals surface area contributed by atoms with E-state index in [1.165, 1.54) is 6.20 Å². The Morgan fingerprint density at radius 2 is 2.25 bits per heavy atom. The summed E-state index contributed by atoms with van der Waals surface area (Å²) in [7, 11) is 0. The first kappa shape index (κ1) is 14.1. The van der Waals surface area contributed by atoms with Crippen LogP contribution < -0.4 is 16.0 Å². The fraction of sp³-hybridized carbons (Fsp3) is 0. The van der Waals surface area contributed by atoms with Gasteiger partial charge in [0.25, 0.3) is 5.69 Å². The smallest absolute Gasteiger partial charge is 0.272 e. The summed E-state index contributed by atoms with van der Waals surface area (Å²) in [5.41, 5.74) is 1.84. The maximum atomic E-state index is 13.7. The summed E-state index contributed by atoms with van der Waals surface area (Å²) in [5.74, 6) is 4.15. The minimum Gasteiger partial charge on any atom is -0.435 e. The normalized spacial score (nSPS) is 10.2. The van der Waals surface area contributed by atoms with Gasteiger partial charge in [0.05, 0.1) is 21.7 Å². The number of nitro benzene ring substituents is 1. The predicted octanol–water partition coefficient (Wildman–Crippen LogP) is 2.36. The molecule has 0 saturated carbocycles. The molecule has 0 fully saturated rings. The molecule has 1 aromatic carbocycles. The Bertz CT molecular complexity index is 669. The highest BCUT2D eigenvalue weighted by Gasteiger charge is 2.14. The van der Waals surface area contributed by atoms with Gasteiger partial charge in [0.15, 0.2) is 11.6 Å². The Morgan fingerprint density at radius 1 is 1.50 bits per heavy atom. The summed E-state index contributed by atoms with van der Waals surface area (Å²) in [6.45, 7) is 0. The van der Waals surface area contributed by atoms with Crippen molar-refractivity contribution in [1.82, 2.24) is 9.97 Å². The van der Waals surface area contributed by atoms with Gasteiger partial charge in [-0.1, -0.05) is 0 Å². The number of nitro groups is 1. The molecule has 20 heavy (non-hydrogen) atoms. The number of nitrogens with zero attached hydrogens (tertiary/aromatic N) is 3. The number of nitrogens with one attached hydrogen (secondary N) is 1. The molecular weight excluding hydrogens is 337 g/mol. The zero-order valence-corrected chi connectivity index (χ0v) is 11.3. The number of hydrogen-bond donors (Lipinski definition) is 2. The van der Waals surface area contributed by atoms with E-state index in [0.717, 1.165) is 18.2 Å². The minimum absolute atomic E-state index is 0.0145. The summed E-state index contributed by atoms with van der Waals surface area (Å²) in [6, 6.07) is 3.01. The Labute approximate surface area is 120 Å². The molecule has 2 aromatic rings. The third-order valence-corrected chi connectivity index (χ3v) is 2.72. The molecule has 0 atom stereocenters. The van der Waals surface area contributed by atoms with Crippen LogP contribution >= 0.6 is 15.9 Å². The van der Waals surface area contributed by atoms with E-state index in [4.69, 9.17) is 10.6 Å². The second kappa shape index (κ2) is 5.75. The van der Waals surface area contributed by atoms with E-state index < -0.39 is 10.7 Å². The van der Waals surface area contributed by atoms with Crippen molar-refractivity contribution >= 4 is 27.6 Å². The maximum absolute atomic E-state index is 13.7. The van der Waals surface area contributed by atoms with Crippen LogP contribution in [0.15, 0.2) is 28.9 Å². The van der Waals surface area contributed by atoms with Gasteiger partial charge in [-0.15, -0.1) is 0 Å². The highest BCUT2D eigenvalue weighted by molar-refractivity contribution is 9.10. The molecule has 1 heterocycles. The first-order valence-corrected chi connectivity index (χ1v) is 5.91. The Morgan fingerprint density at radius 3 is 2.85 bits per heavy atom. The standard InChI is InChI=1S/C10H7BrFN5O3/c11-6-4-14-10(16-13)15-9(6)20-8-2-1-5(17(18)19)3-7(8)12/h1-4H,13H2,(H,14,15,16). The Kier molecular flexibility index (Phi) is 4.05. The zero-order valence-electron chi connectivity index (χ0n) is 9.71. The number of rotatable bonds is 4. The van der Waals surface area contributed by atoms with Gasteiger partial charge in [-0.2, -0.15) is 4.98 Å². The van der Waals surface area contributed by atoms with Gasteiger partial charge < -0.3 is 4.74 Å². The van der Waals surface area contributed by atoms with E-state index in [2.05, 4.69) is 31.3 Å². The maximum Gasteiger partial charge on any atom is 0.272 e. The molecule has 10 heteroatoms. The summed E-state index contributed by atoms with van der Waals surface area (Å²) >= 11 is 3.13. The van der Waals surface area contributed by atoms with Crippen LogP contribution in [0.1, 0.15) is 0 Å². The molecule has 3 N–H and O–H groups in total. The van der Waals surface area contributed by atoms with Crippen molar-refractivity contribution in [1.29, 1.82) is 0 Å². The number of halogens is 2. The van der Waals surface area contributed by atoms with E-state index in [1.54, 1.807) is 0 Å². The molecule has 0 aliphatic heterocycles. The van der Waals surface area contributed by atoms with Crippen LogP contribution in [-0.4, -0.2) is 14.9 Å². The van der Waals surface area contributed by atoms with Crippen LogP contribution in [0.3, 0.4) is 0 Å². The number of nitrogen functional groups attached to an aromatic ring is 1. The molecule has 0 spiro atoms. The second-order valence-corrected chi connectivity index (χ2v) is 4.32. The SMILES string of the molecule is NNc1ncc(Br)c(Oc2ccc([N+](=O)[O-])cc2F)n1. The highest BCUT2D eigenvalue weighted by Crippen LogP contribution is 2.30. The van der Waals surface area contributed by atoms with E-state index in [1.807, 2.05) is 0 Å². The van der Waals surface area contributed by atoms with Crippen LogP contribution in [0.5, 0.6) is 11.6 Å². The number of nitrogens with two attached hydrogens (primary N) is 1. The number of benzene rings is 1. The average molecular weight is 344 g/mol. The molecule has 0 unspecified atom stereocenters. The topological polar surface area (TPSA) is 116 Å². The molecule has 0 amide bonds. The number of non-ortho nitro benzene ring substituents is 1. The quantitative estimate of drug-likeness (QED) is 0.497. The van der Waals surface area contributed by atoms with E-state index in [0.29, 0.717) is 4.47 Å². The number of hydrazine groups is 1. The van der Waals surface area contributed by atoms with Gasteiger partial charge in [-0.25, -0.2) is 15.2 Å². The second-order valence-electron chi connectivity index (χ2n) is 3.46. The lowest BCUT2D eigenvalue weighted by Crippen LogP contribution is -2.10. The number of hydrogen-bond acceptors (Lipinski definition) is 7. The molecule has 0 radical (unpaired) electrons. The van der Waals surface area contributed by atoms with Crippen molar-refractivity contribution in [2.75, 3.05) is 5.43 Å². The fourth-order valence-corrected chi connectivity index (χ4v) is 1.55. The largest absolute Gasteiger partial charge is 0.435 e. The summed E-state index contributed by atoms with van der Waals surface area (Å²) in [5, 5.41) is 10.5. The first-order chi connectivity index (χ1) is 9.51. The van der Waals surface area contributed by atoms with Crippen molar-refractivity contribution in [3.8, 4) is 11.6 Å². The predicted molar refractivity (Wildman–Crippen MR) is 70.7 cm³/mol. The number of anilines is 1. The molecule has 0 bridgehead atoms. The first-order valence-electron chi connectivity index (χ1n) is 5.12. The van der Waals surface area contributed by atoms with Crippen molar-refractivity contribution < 1.29 is 14.1 Å². The molecule has 2 rings (SSSR count). The molecule has 1 aromatic heterocycles. The lowest BCUT2D eigenvalue weighted by molar-refractivity contribution is -0.385. The number of aromatic nitrogens is 2. The van der Waals surface area contributed by atoms with Crippen LogP contribution in [0, 0.1) is 15.9 Å². The Balaban J connectivity index is 2.32. The van der Waals surface area contributed by atoms with Gasteiger partial charge in [0.2, 0.25) is 11.8 Å². The van der Waals surface area contributed by atoms with Crippen molar-refractivity contribution in [2.24, 2.45) is 5.84 Å². The average Bonchev–Trinajstić information content (AvgIpc) is 2.43. The van der Waals surface area contributed by atoms with Crippen LogP contribution in [0.4, 0.5) is 16.0 Å². The summed E-state index contributed by atoms with van der Waals surface area (Å²) in [6.07, 6.45) is 1.36. The third-order valence-electron chi connectivity index (χ3n) is 2.17. The van der Waals surface area contributed by atoms with Crippen LogP contribution in [0.2, 0.25) is 0 Å². The van der Waals surface area contributed by atoms with Gasteiger partial charge in [-0.3, -0.25) is 15.5 Å². The highest BCUT2D eigenvalue weighted by atomic mass is 79.9. The summed E-state index contributed by atoms with van der Waals surface area (Å²) < 4.78 is 19.3. The van der Waals surface area contributed by atoms with Gasteiger partial charge in [-0.05, 0) is 22.0 Å². The molecule has 8 nitrogen and oxygen atoms in total. The Hall–Kier alpha value is -2.33. The lowest BCUT2D eigenvalue weighted by Gasteiger charge is -2.08. The van der Waals surface area contributed by atoms with Crippen molar-refractivity contribution in [2.45, 2.75) is 0 Å². The van der Waals surface area contributed by atoms with Gasteiger partial charge >= 0.3 is 0 Å². The van der Waals surface area contributed by atoms with Gasteiger partial charge in [0.1, 0.15) is 0 Å². The summed E-state index contributed by atoms with van der Waals surface area (Å²) in [4.78, 5) is 17.5. The molecule has 0 aliphatic rings. The third kappa shape index (κ3) is 2.97. The van der Waals surface area contributed by atoms with Crippen LogP contribution in [-0.2, 0) is 0 Å². The lowest BCUT2D eigenvalue weighted by atomic mass is 10.3. The van der Waals surface area contributed by atoms with Crippen molar-refractivity contribution in [3.63, 3.8) is 0 Å². The van der Waals surface area contributed by atoms with E-state index in [-0.39, 0.29) is 23.3 Å². The molecule has 0 aliphatic carbocycles. The fourth-order valence-electron chi connectivity index (χ4n) is 1.28. The molecule has 104 valence electrons. The van der Waals surface area contributed by atoms with Crippen LogP contribution in [0.25, 0.3) is 0 Å². The molecular formula is C10H7BrFN5O3. The van der Waals surface area contributed by atoms with E-state index >= 15 is 0 Å². The molecule has 0 saturated heterocycles. The number of ether oxygens (including phenoxy) is 1. The zero-order chi connectivity index (χ0) is 14.7. The minimum atomic E-state index is -0.882.